The smallest absolute Gasteiger partial charge is 0.254 e. The second-order valence-electron chi connectivity index (χ2n) is 5.59. The van der Waals surface area contributed by atoms with E-state index in [2.05, 4.69) is 5.32 Å². The molecular weight excluding hydrogens is 265 g/mol. The van der Waals surface area contributed by atoms with E-state index in [0.29, 0.717) is 0 Å². The third kappa shape index (κ3) is 2.68. The number of hydrogen-bond donors (Lipinski definition) is 1. The predicted molar refractivity (Wildman–Crippen MR) is 80.5 cm³/mol. The van der Waals surface area contributed by atoms with Crippen molar-refractivity contribution in [1.82, 2.24) is 5.32 Å². The number of rotatable bonds is 3. The lowest BCUT2D eigenvalue weighted by molar-refractivity contribution is 0.0894. The van der Waals surface area contributed by atoms with Gasteiger partial charge in [0.1, 0.15) is 5.82 Å². The summed E-state index contributed by atoms with van der Waals surface area (Å²) in [4.78, 5) is 12.4. The molecule has 0 atom stereocenters. The zero-order valence-corrected chi connectivity index (χ0v) is 11.8. The molecular formula is C18H18FNO. The van der Waals surface area contributed by atoms with Crippen molar-refractivity contribution in [2.45, 2.75) is 31.2 Å². The highest BCUT2D eigenvalue weighted by Crippen LogP contribution is 2.38. The average molecular weight is 283 g/mol. The monoisotopic (exact) mass is 283 g/mol. The Morgan fingerprint density at radius 3 is 2.24 bits per heavy atom. The van der Waals surface area contributed by atoms with Gasteiger partial charge in [-0.3, -0.25) is 4.79 Å². The number of nitrogens with one attached hydrogen (secondary N) is 1. The first-order valence-corrected chi connectivity index (χ1v) is 7.34. The van der Waals surface area contributed by atoms with E-state index in [1.807, 2.05) is 30.3 Å². The maximum absolute atomic E-state index is 13.8. The molecule has 0 unspecified atom stereocenters. The minimum atomic E-state index is -0.476. The van der Waals surface area contributed by atoms with Crippen LogP contribution < -0.4 is 5.32 Å². The summed E-state index contributed by atoms with van der Waals surface area (Å²) in [7, 11) is 0. The van der Waals surface area contributed by atoms with Crippen LogP contribution in [0.25, 0.3) is 0 Å². The molecule has 0 aromatic heterocycles. The lowest BCUT2D eigenvalue weighted by Gasteiger charge is -2.31. The fourth-order valence-corrected chi connectivity index (χ4v) is 3.15. The van der Waals surface area contributed by atoms with Crippen LogP contribution in [0.2, 0.25) is 0 Å². The van der Waals surface area contributed by atoms with E-state index < -0.39 is 5.82 Å². The van der Waals surface area contributed by atoms with Crippen molar-refractivity contribution in [3.63, 3.8) is 0 Å². The first-order valence-electron chi connectivity index (χ1n) is 7.34. The zero-order chi connectivity index (χ0) is 14.7. The van der Waals surface area contributed by atoms with Crippen LogP contribution in [0.1, 0.15) is 41.6 Å². The largest absolute Gasteiger partial charge is 0.342 e. The highest BCUT2D eigenvalue weighted by atomic mass is 19.1. The summed E-state index contributed by atoms with van der Waals surface area (Å²) >= 11 is 0. The van der Waals surface area contributed by atoms with Crippen molar-refractivity contribution in [3.05, 3.63) is 71.5 Å². The van der Waals surface area contributed by atoms with E-state index in [9.17, 15) is 9.18 Å². The van der Waals surface area contributed by atoms with Gasteiger partial charge in [0.15, 0.2) is 0 Å². The first kappa shape index (κ1) is 13.8. The van der Waals surface area contributed by atoms with Crippen LogP contribution >= 0.6 is 0 Å². The normalized spacial score (nSPS) is 16.6. The molecule has 0 radical (unpaired) electrons. The third-order valence-corrected chi connectivity index (χ3v) is 4.25. The van der Waals surface area contributed by atoms with Gasteiger partial charge >= 0.3 is 0 Å². The zero-order valence-electron chi connectivity index (χ0n) is 11.8. The number of carbonyl (C=O) groups excluding carboxylic acids is 1. The van der Waals surface area contributed by atoms with Crippen LogP contribution in [-0.2, 0) is 5.54 Å². The highest BCUT2D eigenvalue weighted by Gasteiger charge is 2.37. The van der Waals surface area contributed by atoms with Gasteiger partial charge in [0.25, 0.3) is 5.91 Å². The van der Waals surface area contributed by atoms with Gasteiger partial charge in [-0.1, -0.05) is 55.3 Å². The molecule has 1 fully saturated rings. The molecule has 0 bridgehead atoms. The van der Waals surface area contributed by atoms with E-state index >= 15 is 0 Å². The maximum atomic E-state index is 13.8. The summed E-state index contributed by atoms with van der Waals surface area (Å²) in [5, 5.41) is 3.09. The molecule has 0 aliphatic heterocycles. The summed E-state index contributed by atoms with van der Waals surface area (Å²) < 4.78 is 13.8. The summed E-state index contributed by atoms with van der Waals surface area (Å²) in [6.45, 7) is 0. The molecule has 1 N–H and O–H groups in total. The molecule has 2 aromatic rings. The fourth-order valence-electron chi connectivity index (χ4n) is 3.15. The molecule has 3 rings (SSSR count). The minimum absolute atomic E-state index is 0.111. The van der Waals surface area contributed by atoms with E-state index in [-0.39, 0.29) is 17.0 Å². The molecule has 3 heteroatoms. The van der Waals surface area contributed by atoms with Crippen LogP contribution in [0.5, 0.6) is 0 Å². The lowest BCUT2D eigenvalue weighted by Crippen LogP contribution is -2.44. The van der Waals surface area contributed by atoms with Crippen LogP contribution in [0.4, 0.5) is 4.39 Å². The van der Waals surface area contributed by atoms with Crippen molar-refractivity contribution < 1.29 is 9.18 Å². The van der Waals surface area contributed by atoms with Crippen LogP contribution in [-0.4, -0.2) is 5.91 Å². The van der Waals surface area contributed by atoms with Gasteiger partial charge in [-0.25, -0.2) is 4.39 Å². The Morgan fingerprint density at radius 2 is 1.57 bits per heavy atom. The summed E-state index contributed by atoms with van der Waals surface area (Å²) in [6.07, 6.45) is 3.95. The molecule has 108 valence electrons. The second kappa shape index (κ2) is 5.68. The van der Waals surface area contributed by atoms with E-state index in [0.717, 1.165) is 31.2 Å². The Hall–Kier alpha value is -2.16. The molecule has 1 amide bonds. The van der Waals surface area contributed by atoms with Crippen LogP contribution in [0.15, 0.2) is 54.6 Å². The topological polar surface area (TPSA) is 29.1 Å². The molecule has 1 aliphatic rings. The lowest BCUT2D eigenvalue weighted by atomic mass is 9.88. The van der Waals surface area contributed by atoms with E-state index in [4.69, 9.17) is 0 Å². The maximum Gasteiger partial charge on any atom is 0.254 e. The quantitative estimate of drug-likeness (QED) is 0.905. The number of hydrogen-bond acceptors (Lipinski definition) is 1. The van der Waals surface area contributed by atoms with Crippen LogP contribution in [0.3, 0.4) is 0 Å². The average Bonchev–Trinajstić information content (AvgIpc) is 2.98. The van der Waals surface area contributed by atoms with Gasteiger partial charge in [-0.15, -0.1) is 0 Å². The first-order chi connectivity index (χ1) is 10.2. The summed E-state index contributed by atoms with van der Waals surface area (Å²) in [5.74, 6) is -0.810. The summed E-state index contributed by atoms with van der Waals surface area (Å²) in [5.41, 5.74) is 0.854. The number of benzene rings is 2. The molecule has 0 spiro atoms. The highest BCUT2D eigenvalue weighted by molar-refractivity contribution is 5.95. The molecule has 2 aromatic carbocycles. The van der Waals surface area contributed by atoms with E-state index in [1.54, 1.807) is 12.1 Å². The molecule has 2 nitrogen and oxygen atoms in total. The predicted octanol–water partition coefficient (Wildman–Crippen LogP) is 4.03. The molecule has 1 aliphatic carbocycles. The van der Waals surface area contributed by atoms with E-state index in [1.165, 1.54) is 12.1 Å². The van der Waals surface area contributed by atoms with Gasteiger partial charge in [-0.2, -0.15) is 0 Å². The number of carbonyl (C=O) groups is 1. The molecule has 0 heterocycles. The van der Waals surface area contributed by atoms with Crippen molar-refractivity contribution in [2.75, 3.05) is 0 Å². The Labute approximate surface area is 124 Å². The SMILES string of the molecule is O=C(NC1(c2ccccc2)CCCC1)c1ccccc1F. The Morgan fingerprint density at radius 1 is 0.952 bits per heavy atom. The Kier molecular flexibility index (Phi) is 3.74. The Bertz CT molecular complexity index is 633. The van der Waals surface area contributed by atoms with Crippen molar-refractivity contribution >= 4 is 5.91 Å². The van der Waals surface area contributed by atoms with Crippen molar-refractivity contribution in [1.29, 1.82) is 0 Å². The Balaban J connectivity index is 1.90. The van der Waals surface area contributed by atoms with Gasteiger partial charge in [-0.05, 0) is 30.5 Å². The number of amides is 1. The van der Waals surface area contributed by atoms with Crippen LogP contribution in [0, 0.1) is 5.82 Å². The standard InChI is InChI=1S/C18H18FNO/c19-16-11-5-4-10-15(16)17(21)20-18(12-6-7-13-18)14-8-2-1-3-9-14/h1-5,8-11H,6-7,12-13H2,(H,20,21). The van der Waals surface area contributed by atoms with Crippen molar-refractivity contribution in [3.8, 4) is 0 Å². The fraction of sp³-hybridized carbons (Fsp3) is 0.278. The molecule has 1 saturated carbocycles. The van der Waals surface area contributed by atoms with Crippen molar-refractivity contribution in [2.24, 2.45) is 0 Å². The van der Waals surface area contributed by atoms with Gasteiger partial charge in [0.2, 0.25) is 0 Å². The summed E-state index contributed by atoms with van der Waals surface area (Å²) in [6, 6.07) is 16.1. The second-order valence-corrected chi connectivity index (χ2v) is 5.59. The number of halogens is 1. The minimum Gasteiger partial charge on any atom is -0.342 e. The van der Waals surface area contributed by atoms with Gasteiger partial charge in [0.05, 0.1) is 11.1 Å². The third-order valence-electron chi connectivity index (χ3n) is 4.25. The van der Waals surface area contributed by atoms with Gasteiger partial charge in [0, 0.05) is 0 Å². The molecule has 21 heavy (non-hydrogen) atoms. The molecule has 0 saturated heterocycles. The van der Waals surface area contributed by atoms with Gasteiger partial charge < -0.3 is 5.32 Å².